The van der Waals surface area contributed by atoms with Crippen molar-refractivity contribution < 1.29 is 0 Å². The van der Waals surface area contributed by atoms with Gasteiger partial charge in [0.2, 0.25) is 0 Å². The lowest BCUT2D eigenvalue weighted by Gasteiger charge is -2.37. The summed E-state index contributed by atoms with van der Waals surface area (Å²) in [5.41, 5.74) is 11.5. The lowest BCUT2D eigenvalue weighted by atomic mass is 9.96. The number of fused-ring (bicyclic) bond motifs is 10. The van der Waals surface area contributed by atoms with Crippen molar-refractivity contribution in [3.05, 3.63) is 95.1 Å². The summed E-state index contributed by atoms with van der Waals surface area (Å²) in [6, 6.07) is 29.4. The van der Waals surface area contributed by atoms with Crippen LogP contribution in [0.3, 0.4) is 0 Å². The van der Waals surface area contributed by atoms with Crippen molar-refractivity contribution in [2.75, 3.05) is 0 Å². The highest BCUT2D eigenvalue weighted by Crippen LogP contribution is 2.85. The number of hydrogen-bond acceptors (Lipinski definition) is 0. The monoisotopic (exact) mass is 490 g/mol. The van der Waals surface area contributed by atoms with Gasteiger partial charge in [-0.3, -0.25) is 0 Å². The molecule has 0 N–H and O–H groups in total. The largest absolute Gasteiger partial charge is 0.130 e. The van der Waals surface area contributed by atoms with E-state index in [1.165, 1.54) is 44.5 Å². The summed E-state index contributed by atoms with van der Waals surface area (Å²) in [6.07, 6.45) is 1.06. The van der Waals surface area contributed by atoms with Crippen molar-refractivity contribution in [3.63, 3.8) is 0 Å². The highest BCUT2D eigenvalue weighted by atomic mass is 32.3. The van der Waals surface area contributed by atoms with Crippen molar-refractivity contribution >= 4 is 10.0 Å². The predicted octanol–water partition coefficient (Wildman–Crippen LogP) is 10.9. The summed E-state index contributed by atoms with van der Waals surface area (Å²) in [5.74, 6) is 1.52. The molecule has 0 atom stereocenters. The minimum Gasteiger partial charge on any atom is -0.130 e. The van der Waals surface area contributed by atoms with Gasteiger partial charge in [0.1, 0.15) is 0 Å². The van der Waals surface area contributed by atoms with E-state index in [1.807, 2.05) is 0 Å². The fourth-order valence-corrected chi connectivity index (χ4v) is 10.8. The van der Waals surface area contributed by atoms with Crippen LogP contribution in [-0.2, 0) is 6.42 Å². The van der Waals surface area contributed by atoms with Crippen LogP contribution in [0.1, 0.15) is 88.5 Å². The molecule has 0 aliphatic carbocycles. The summed E-state index contributed by atoms with van der Waals surface area (Å²) in [6.45, 7) is 16.2. The molecule has 0 amide bonds. The zero-order chi connectivity index (χ0) is 25.4. The van der Waals surface area contributed by atoms with Crippen LogP contribution in [-0.4, -0.2) is 0 Å². The van der Waals surface area contributed by atoms with E-state index in [0.29, 0.717) is 17.8 Å². The van der Waals surface area contributed by atoms with Crippen LogP contribution in [0.15, 0.2) is 92.4 Å². The molecule has 6 rings (SSSR count). The third-order valence-corrected chi connectivity index (χ3v) is 12.4. The lowest BCUT2D eigenvalue weighted by Crippen LogP contribution is -2.02. The number of hydrogen-bond donors (Lipinski definition) is 0. The zero-order valence-electron chi connectivity index (χ0n) is 22.8. The van der Waals surface area contributed by atoms with Crippen molar-refractivity contribution in [3.8, 4) is 22.3 Å². The van der Waals surface area contributed by atoms with Crippen LogP contribution in [0.5, 0.6) is 0 Å². The molecule has 0 fully saturated rings. The molecular formula is C35H38S. The maximum Gasteiger partial charge on any atom is 0.0105 e. The van der Waals surface area contributed by atoms with E-state index >= 15 is 0 Å². The van der Waals surface area contributed by atoms with Gasteiger partial charge < -0.3 is 0 Å². The van der Waals surface area contributed by atoms with Crippen molar-refractivity contribution in [2.24, 2.45) is 0 Å². The maximum atomic E-state index is 2.57. The third-order valence-electron chi connectivity index (χ3n) is 8.37. The molecule has 0 radical (unpaired) electrons. The van der Waals surface area contributed by atoms with Crippen LogP contribution in [0.4, 0.5) is 0 Å². The van der Waals surface area contributed by atoms with Crippen LogP contribution in [0, 0.1) is 0 Å². The first-order valence-electron chi connectivity index (χ1n) is 13.7. The van der Waals surface area contributed by atoms with Crippen LogP contribution in [0.25, 0.3) is 22.3 Å². The summed E-state index contributed by atoms with van der Waals surface area (Å²) >= 11 is 0. The molecule has 2 aliphatic heterocycles. The van der Waals surface area contributed by atoms with Gasteiger partial charge in [0.15, 0.2) is 0 Å². The van der Waals surface area contributed by atoms with E-state index in [9.17, 15) is 0 Å². The van der Waals surface area contributed by atoms with Gasteiger partial charge in [-0.1, -0.05) is 97.0 Å². The molecule has 0 nitrogen and oxygen atoms in total. The topological polar surface area (TPSA) is 0 Å². The number of aryl methyl sites for hydroxylation is 1. The van der Waals surface area contributed by atoms with E-state index in [4.69, 9.17) is 0 Å². The Morgan fingerprint density at radius 3 is 1.14 bits per heavy atom. The Labute approximate surface area is 219 Å². The molecule has 2 aliphatic rings. The molecule has 0 unspecified atom stereocenters. The quantitative estimate of drug-likeness (QED) is 0.230. The fraction of sp³-hybridized carbons (Fsp3) is 0.314. The second kappa shape index (κ2) is 8.38. The Balaban J connectivity index is 1.81. The van der Waals surface area contributed by atoms with Gasteiger partial charge in [-0.2, -0.15) is 0 Å². The highest BCUT2D eigenvalue weighted by molar-refractivity contribution is 8.34. The van der Waals surface area contributed by atoms with E-state index in [2.05, 4.69) is 121 Å². The van der Waals surface area contributed by atoms with E-state index in [0.717, 1.165) is 6.42 Å². The van der Waals surface area contributed by atoms with Crippen LogP contribution in [0.2, 0.25) is 0 Å². The molecular weight excluding hydrogens is 452 g/mol. The maximum absolute atomic E-state index is 2.57. The molecule has 0 saturated heterocycles. The molecule has 36 heavy (non-hydrogen) atoms. The molecule has 2 heterocycles. The molecule has 0 bridgehead atoms. The molecule has 0 aromatic heterocycles. The second-order valence-corrected chi connectivity index (χ2v) is 14.5. The first-order valence-corrected chi connectivity index (χ1v) is 15.3. The summed E-state index contributed by atoms with van der Waals surface area (Å²) in [5, 5.41) is 0. The van der Waals surface area contributed by atoms with Crippen molar-refractivity contribution in [1.29, 1.82) is 0 Å². The lowest BCUT2D eigenvalue weighted by molar-refractivity contribution is 0.861. The average Bonchev–Trinajstić information content (AvgIpc) is 3.33. The SMILES string of the molecule is CCc1ccc2c(c1)S1(c3cc(C(C)C)ccc3-2)c2cc(C(C)C)ccc2-c2ccc(C(C)C)cc21. The Kier molecular flexibility index (Phi) is 5.50. The normalized spacial score (nSPS) is 15.4. The second-order valence-electron chi connectivity index (χ2n) is 11.5. The third kappa shape index (κ3) is 3.15. The summed E-state index contributed by atoms with van der Waals surface area (Å²) < 4.78 is 0. The van der Waals surface area contributed by atoms with Gasteiger partial charge in [-0.25, -0.2) is 0 Å². The minimum absolute atomic E-state index is 0.506. The molecule has 0 saturated carbocycles. The minimum atomic E-state index is -1.56. The van der Waals surface area contributed by atoms with Gasteiger partial charge >= 0.3 is 0 Å². The standard InChI is InChI=1S/C35H38S/c1-8-24-9-13-28-29-14-10-25(21(2)3)18-33(29)36(32(28)17-24)34-19-26(22(4)5)11-15-30(34)31-16-12-27(23(6)7)20-35(31)36/h9-23H,8H2,1-7H3. The molecule has 4 aromatic carbocycles. The van der Waals surface area contributed by atoms with Gasteiger partial charge in [0.25, 0.3) is 0 Å². The Morgan fingerprint density at radius 1 is 0.472 bits per heavy atom. The van der Waals surface area contributed by atoms with Gasteiger partial charge in [-0.15, -0.1) is 10.0 Å². The summed E-state index contributed by atoms with van der Waals surface area (Å²) in [7, 11) is -1.56. The molecule has 184 valence electrons. The molecule has 1 heteroatoms. The first kappa shape index (κ1) is 23.6. The first-order chi connectivity index (χ1) is 17.3. The van der Waals surface area contributed by atoms with Gasteiger partial charge in [0, 0.05) is 19.6 Å². The molecule has 1 spiro atoms. The Hall–Kier alpha value is -2.77. The smallest absolute Gasteiger partial charge is 0.0105 e. The average molecular weight is 491 g/mol. The van der Waals surface area contributed by atoms with Crippen molar-refractivity contribution in [2.45, 2.75) is 92.2 Å². The highest BCUT2D eigenvalue weighted by Gasteiger charge is 2.48. The van der Waals surface area contributed by atoms with E-state index in [1.54, 1.807) is 19.6 Å². The van der Waals surface area contributed by atoms with Crippen LogP contribution >= 0.6 is 10.0 Å². The Bertz CT molecular complexity index is 1410. The summed E-state index contributed by atoms with van der Waals surface area (Å²) in [4.78, 5) is 6.22. The van der Waals surface area contributed by atoms with E-state index < -0.39 is 10.0 Å². The van der Waals surface area contributed by atoms with Crippen molar-refractivity contribution in [1.82, 2.24) is 0 Å². The fourth-order valence-electron chi connectivity index (χ4n) is 6.09. The number of rotatable bonds is 4. The Morgan fingerprint density at radius 2 is 0.806 bits per heavy atom. The van der Waals surface area contributed by atoms with Gasteiger partial charge in [-0.05, 0) is 92.9 Å². The van der Waals surface area contributed by atoms with Gasteiger partial charge in [0.05, 0.1) is 0 Å². The van der Waals surface area contributed by atoms with E-state index in [-0.39, 0.29) is 0 Å². The molecule has 4 aromatic rings. The predicted molar refractivity (Wildman–Crippen MR) is 156 cm³/mol. The number of benzene rings is 4. The zero-order valence-corrected chi connectivity index (χ0v) is 23.6. The van der Waals surface area contributed by atoms with Crippen LogP contribution < -0.4 is 0 Å².